The van der Waals surface area contributed by atoms with E-state index in [4.69, 9.17) is 9.47 Å². The predicted octanol–water partition coefficient (Wildman–Crippen LogP) is 7.88. The van der Waals surface area contributed by atoms with Crippen LogP contribution in [0.2, 0.25) is 0 Å². The smallest absolute Gasteiger partial charge is 0.303 e. The third-order valence-electron chi connectivity index (χ3n) is 8.36. The van der Waals surface area contributed by atoms with Gasteiger partial charge < -0.3 is 14.6 Å². The summed E-state index contributed by atoms with van der Waals surface area (Å²) in [5.74, 6) is 0.740. The lowest BCUT2D eigenvalue weighted by molar-refractivity contribution is -0.137. The second-order valence-corrected chi connectivity index (χ2v) is 11.2. The summed E-state index contributed by atoms with van der Waals surface area (Å²) in [5.41, 5.74) is 6.11. The Balaban J connectivity index is 1.44. The minimum absolute atomic E-state index is 0.0456. The van der Waals surface area contributed by atoms with E-state index in [0.717, 1.165) is 60.1 Å². The molecule has 5 rings (SSSR count). The molecular formula is C32H35FO4. The summed E-state index contributed by atoms with van der Waals surface area (Å²) >= 11 is 0. The summed E-state index contributed by atoms with van der Waals surface area (Å²) in [5, 5.41) is 9.26. The molecule has 3 aromatic rings. The Morgan fingerprint density at radius 2 is 1.81 bits per heavy atom. The molecule has 0 heterocycles. The molecule has 5 heteroatoms. The molecule has 3 aromatic carbocycles. The number of aliphatic carboxylic acids is 1. The van der Waals surface area contributed by atoms with Gasteiger partial charge in [-0.05, 0) is 101 Å². The number of carboxylic acid groups (broad SMARTS) is 1. The number of hydrogen-bond donors (Lipinski definition) is 1. The fourth-order valence-electron chi connectivity index (χ4n) is 6.32. The van der Waals surface area contributed by atoms with Crippen LogP contribution in [-0.2, 0) is 17.8 Å². The average Bonchev–Trinajstić information content (AvgIpc) is 3.44. The zero-order chi connectivity index (χ0) is 26.2. The highest BCUT2D eigenvalue weighted by Crippen LogP contribution is 2.51. The Labute approximate surface area is 218 Å². The van der Waals surface area contributed by atoms with E-state index in [-0.39, 0.29) is 23.6 Å². The fraction of sp³-hybridized carbons (Fsp3) is 0.406. The van der Waals surface area contributed by atoms with Gasteiger partial charge in [0.1, 0.15) is 23.9 Å². The summed E-state index contributed by atoms with van der Waals surface area (Å²) in [6.45, 7) is 5.00. The second-order valence-electron chi connectivity index (χ2n) is 11.2. The van der Waals surface area contributed by atoms with Gasteiger partial charge in [-0.1, -0.05) is 44.5 Å². The molecule has 1 saturated carbocycles. The van der Waals surface area contributed by atoms with Gasteiger partial charge in [-0.15, -0.1) is 0 Å². The van der Waals surface area contributed by atoms with Crippen molar-refractivity contribution in [3.8, 4) is 22.6 Å². The van der Waals surface area contributed by atoms with Crippen molar-refractivity contribution >= 4 is 5.97 Å². The molecule has 0 aliphatic heterocycles. The molecule has 1 N–H and O–H groups in total. The Kier molecular flexibility index (Phi) is 6.98. The predicted molar refractivity (Wildman–Crippen MR) is 143 cm³/mol. The maximum absolute atomic E-state index is 15.0. The van der Waals surface area contributed by atoms with Gasteiger partial charge >= 0.3 is 5.97 Å². The summed E-state index contributed by atoms with van der Waals surface area (Å²) in [7, 11) is 1.60. The van der Waals surface area contributed by atoms with Gasteiger partial charge in [0.15, 0.2) is 0 Å². The number of fused-ring (bicyclic) bond motifs is 1. The number of aryl methyl sites for hydroxylation is 1. The largest absolute Gasteiger partial charge is 0.497 e. The molecule has 2 aliphatic carbocycles. The molecule has 0 spiro atoms. The minimum Gasteiger partial charge on any atom is -0.497 e. The number of carboxylic acids is 1. The molecule has 0 aromatic heterocycles. The molecule has 0 bridgehead atoms. The first kappa shape index (κ1) is 25.3. The maximum Gasteiger partial charge on any atom is 0.303 e. The van der Waals surface area contributed by atoms with E-state index >= 15 is 4.39 Å². The number of ether oxygens (including phenoxy) is 2. The number of rotatable bonds is 8. The third-order valence-corrected chi connectivity index (χ3v) is 8.36. The number of carbonyl (C=O) groups is 1. The first-order chi connectivity index (χ1) is 17.7. The van der Waals surface area contributed by atoms with E-state index in [1.807, 2.05) is 24.3 Å². The van der Waals surface area contributed by atoms with Crippen LogP contribution < -0.4 is 9.47 Å². The zero-order valence-electron chi connectivity index (χ0n) is 21.9. The van der Waals surface area contributed by atoms with Crippen LogP contribution in [0.15, 0.2) is 54.6 Å². The molecule has 0 amide bonds. The first-order valence-electron chi connectivity index (χ1n) is 13.2. The van der Waals surface area contributed by atoms with Gasteiger partial charge in [0.2, 0.25) is 0 Å². The Hall–Kier alpha value is -3.34. The highest BCUT2D eigenvalue weighted by molar-refractivity contribution is 5.71. The van der Waals surface area contributed by atoms with Crippen molar-refractivity contribution in [1.82, 2.24) is 0 Å². The number of halogens is 1. The number of hydrogen-bond acceptors (Lipinski definition) is 3. The molecule has 0 unspecified atom stereocenters. The van der Waals surface area contributed by atoms with E-state index in [9.17, 15) is 9.90 Å². The quantitative estimate of drug-likeness (QED) is 0.340. The van der Waals surface area contributed by atoms with E-state index < -0.39 is 5.97 Å². The summed E-state index contributed by atoms with van der Waals surface area (Å²) in [6, 6.07) is 17.2. The Morgan fingerprint density at radius 1 is 1.00 bits per heavy atom. The molecule has 1 fully saturated rings. The van der Waals surface area contributed by atoms with E-state index in [0.29, 0.717) is 23.8 Å². The average molecular weight is 503 g/mol. The molecule has 2 aliphatic rings. The van der Waals surface area contributed by atoms with E-state index in [2.05, 4.69) is 26.0 Å². The van der Waals surface area contributed by atoms with Gasteiger partial charge in [0.25, 0.3) is 0 Å². The fourth-order valence-corrected chi connectivity index (χ4v) is 6.32. The highest BCUT2D eigenvalue weighted by Gasteiger charge is 2.37. The lowest BCUT2D eigenvalue weighted by Gasteiger charge is -2.30. The third kappa shape index (κ3) is 5.22. The van der Waals surface area contributed by atoms with Crippen molar-refractivity contribution in [2.45, 2.75) is 70.8 Å². The SMILES string of the molecule is COc1ccc(F)c(-c2ccc(COc3ccc4c(c3)[C@H](CC(=O)O)CC4)cc2[C@H]2CCCC2(C)C)c1. The lowest BCUT2D eigenvalue weighted by atomic mass is 9.75. The van der Waals surface area contributed by atoms with E-state index in [1.54, 1.807) is 19.2 Å². The van der Waals surface area contributed by atoms with Crippen LogP contribution in [0.1, 0.15) is 80.0 Å². The topological polar surface area (TPSA) is 55.8 Å². The van der Waals surface area contributed by atoms with Crippen molar-refractivity contribution < 1.29 is 23.8 Å². The summed E-state index contributed by atoms with van der Waals surface area (Å²) < 4.78 is 26.6. The van der Waals surface area contributed by atoms with Crippen molar-refractivity contribution in [2.24, 2.45) is 5.41 Å². The summed E-state index contributed by atoms with van der Waals surface area (Å²) in [6.07, 6.45) is 5.31. The lowest BCUT2D eigenvalue weighted by Crippen LogP contribution is -2.17. The van der Waals surface area contributed by atoms with Crippen LogP contribution in [-0.4, -0.2) is 18.2 Å². The minimum atomic E-state index is -0.765. The van der Waals surface area contributed by atoms with Crippen LogP contribution >= 0.6 is 0 Å². The molecular weight excluding hydrogens is 467 g/mol. The Morgan fingerprint density at radius 3 is 2.54 bits per heavy atom. The normalized spacial score (nSPS) is 20.0. The van der Waals surface area contributed by atoms with Crippen LogP contribution in [0.5, 0.6) is 11.5 Å². The van der Waals surface area contributed by atoms with Crippen LogP contribution in [0, 0.1) is 11.2 Å². The molecule has 0 saturated heterocycles. The van der Waals surface area contributed by atoms with Crippen LogP contribution in [0.3, 0.4) is 0 Å². The molecule has 4 nitrogen and oxygen atoms in total. The summed E-state index contributed by atoms with van der Waals surface area (Å²) in [4.78, 5) is 11.3. The molecule has 194 valence electrons. The number of methoxy groups -OCH3 is 1. The van der Waals surface area contributed by atoms with Crippen molar-refractivity contribution in [2.75, 3.05) is 7.11 Å². The Bertz CT molecular complexity index is 1310. The molecule has 37 heavy (non-hydrogen) atoms. The first-order valence-corrected chi connectivity index (χ1v) is 13.2. The standard InChI is InChI=1S/C32H35FO4/c1-32(2)14-4-5-29(32)27-15-20(6-12-25(27)28-17-23(36-3)11-13-30(28)33)19-37-24-10-9-21-7-8-22(16-31(34)35)26(21)18-24/h6,9-13,15,17-18,22,29H,4-5,7-8,14,16,19H2,1-3H3,(H,34,35)/t22-,29+/m0/s1. The van der Waals surface area contributed by atoms with Gasteiger partial charge in [-0.2, -0.15) is 0 Å². The number of benzene rings is 3. The van der Waals surface area contributed by atoms with Gasteiger partial charge in [-0.3, -0.25) is 4.79 Å². The van der Waals surface area contributed by atoms with Gasteiger partial charge in [0.05, 0.1) is 13.5 Å². The highest BCUT2D eigenvalue weighted by atomic mass is 19.1. The molecule has 0 radical (unpaired) electrons. The molecule has 2 atom stereocenters. The van der Waals surface area contributed by atoms with Crippen molar-refractivity contribution in [1.29, 1.82) is 0 Å². The van der Waals surface area contributed by atoms with Crippen LogP contribution in [0.25, 0.3) is 11.1 Å². The van der Waals surface area contributed by atoms with E-state index in [1.165, 1.54) is 11.6 Å². The maximum atomic E-state index is 15.0. The van der Waals surface area contributed by atoms with Gasteiger partial charge in [-0.25, -0.2) is 4.39 Å². The second kappa shape index (κ2) is 10.2. The monoisotopic (exact) mass is 502 g/mol. The van der Waals surface area contributed by atoms with Crippen molar-refractivity contribution in [3.05, 3.63) is 82.7 Å². The zero-order valence-corrected chi connectivity index (χ0v) is 21.9. The van der Waals surface area contributed by atoms with Crippen LogP contribution in [0.4, 0.5) is 4.39 Å². The van der Waals surface area contributed by atoms with Crippen molar-refractivity contribution in [3.63, 3.8) is 0 Å². The van der Waals surface area contributed by atoms with Gasteiger partial charge in [0, 0.05) is 5.56 Å².